The van der Waals surface area contributed by atoms with Crippen molar-refractivity contribution in [2.45, 2.75) is 19.3 Å². The highest BCUT2D eigenvalue weighted by Gasteiger charge is 2.35. The molecule has 2 rings (SSSR count). The van der Waals surface area contributed by atoms with E-state index in [0.717, 1.165) is 24.2 Å². The molecular formula is C12H14F2N2O3S. The fourth-order valence-corrected chi connectivity index (χ4v) is 2.89. The molecule has 5 nitrogen and oxygen atoms in total. The highest BCUT2D eigenvalue weighted by atomic mass is 32.1. The Morgan fingerprint density at radius 1 is 1.50 bits per heavy atom. The van der Waals surface area contributed by atoms with Gasteiger partial charge in [-0.15, -0.1) is 11.3 Å². The van der Waals surface area contributed by atoms with Gasteiger partial charge in [-0.05, 0) is 12.8 Å². The Labute approximate surface area is 118 Å². The maximum absolute atomic E-state index is 12.3. The largest absolute Gasteiger partial charge is 0.465 e. The zero-order chi connectivity index (χ0) is 14.9. The van der Waals surface area contributed by atoms with Gasteiger partial charge in [-0.2, -0.15) is 0 Å². The van der Waals surface area contributed by atoms with Crippen LogP contribution in [-0.2, 0) is 4.74 Å². The monoisotopic (exact) mass is 304 g/mol. The standard InChI is InChI=1S/C12H14F2N2O3S/c1-19-12(18)7-8(15)10(9(17)5-2-3-5)20-11(7)16-4-6(13)14/h5-6,16H,2-4,15H2,1H3. The van der Waals surface area contributed by atoms with Gasteiger partial charge in [0.2, 0.25) is 0 Å². The summed E-state index contributed by atoms with van der Waals surface area (Å²) < 4.78 is 29.1. The van der Waals surface area contributed by atoms with Gasteiger partial charge in [0.15, 0.2) is 5.78 Å². The summed E-state index contributed by atoms with van der Waals surface area (Å²) in [6.45, 7) is -0.624. The molecule has 0 unspecified atom stereocenters. The average Bonchev–Trinajstić information content (AvgIpc) is 3.19. The molecule has 0 aromatic carbocycles. The molecule has 0 atom stereocenters. The van der Waals surface area contributed by atoms with Gasteiger partial charge in [-0.25, -0.2) is 13.6 Å². The zero-order valence-electron chi connectivity index (χ0n) is 10.7. The lowest BCUT2D eigenvalue weighted by Crippen LogP contribution is -2.13. The van der Waals surface area contributed by atoms with E-state index in [-0.39, 0.29) is 32.8 Å². The molecule has 0 aliphatic heterocycles. The maximum Gasteiger partial charge on any atom is 0.343 e. The second-order valence-electron chi connectivity index (χ2n) is 4.45. The van der Waals surface area contributed by atoms with Gasteiger partial charge < -0.3 is 15.8 Å². The fraction of sp³-hybridized carbons (Fsp3) is 0.500. The van der Waals surface area contributed by atoms with E-state index in [0.29, 0.717) is 0 Å². The molecule has 110 valence electrons. The Bertz CT molecular complexity index is 541. The average molecular weight is 304 g/mol. The highest BCUT2D eigenvalue weighted by Crippen LogP contribution is 2.42. The lowest BCUT2D eigenvalue weighted by Gasteiger charge is -2.05. The second-order valence-corrected chi connectivity index (χ2v) is 5.47. The van der Waals surface area contributed by atoms with Crippen molar-refractivity contribution in [3.05, 3.63) is 10.4 Å². The van der Waals surface area contributed by atoms with Crippen LogP contribution in [0.2, 0.25) is 0 Å². The van der Waals surface area contributed by atoms with Crippen LogP contribution < -0.4 is 11.1 Å². The number of hydrogen-bond donors (Lipinski definition) is 2. The molecule has 1 heterocycles. The summed E-state index contributed by atoms with van der Waals surface area (Å²) in [6.07, 6.45) is -0.987. The zero-order valence-corrected chi connectivity index (χ0v) is 11.6. The number of methoxy groups -OCH3 is 1. The Hall–Kier alpha value is -1.70. The number of ketones is 1. The quantitative estimate of drug-likeness (QED) is 0.623. The molecule has 1 fully saturated rings. The van der Waals surface area contributed by atoms with E-state index >= 15 is 0 Å². The fourth-order valence-electron chi connectivity index (χ4n) is 1.76. The van der Waals surface area contributed by atoms with Gasteiger partial charge in [0.1, 0.15) is 10.6 Å². The number of alkyl halides is 2. The minimum Gasteiger partial charge on any atom is -0.465 e. The van der Waals surface area contributed by atoms with E-state index in [1.807, 2.05) is 0 Å². The van der Waals surface area contributed by atoms with Crippen molar-refractivity contribution in [1.82, 2.24) is 0 Å². The van der Waals surface area contributed by atoms with E-state index in [9.17, 15) is 18.4 Å². The molecule has 1 aromatic rings. The first-order valence-electron chi connectivity index (χ1n) is 6.02. The molecule has 1 aliphatic carbocycles. The lowest BCUT2D eigenvalue weighted by molar-refractivity contribution is 0.0603. The topological polar surface area (TPSA) is 81.4 Å². The summed E-state index contributed by atoms with van der Waals surface area (Å²) in [7, 11) is 1.17. The molecule has 0 saturated heterocycles. The van der Waals surface area contributed by atoms with Crippen LogP contribution in [0.15, 0.2) is 0 Å². The number of nitrogen functional groups attached to an aromatic ring is 1. The maximum atomic E-state index is 12.3. The van der Waals surface area contributed by atoms with Crippen LogP contribution in [0.3, 0.4) is 0 Å². The molecule has 1 aromatic heterocycles. The van der Waals surface area contributed by atoms with Crippen molar-refractivity contribution in [1.29, 1.82) is 0 Å². The highest BCUT2D eigenvalue weighted by molar-refractivity contribution is 7.19. The van der Waals surface area contributed by atoms with Gasteiger partial charge >= 0.3 is 5.97 Å². The summed E-state index contributed by atoms with van der Waals surface area (Å²) in [5.41, 5.74) is 5.78. The second kappa shape index (κ2) is 5.74. The first-order chi connectivity index (χ1) is 9.45. The molecule has 0 radical (unpaired) electrons. The van der Waals surface area contributed by atoms with Crippen molar-refractivity contribution >= 4 is 33.8 Å². The minimum absolute atomic E-state index is 0.00974. The predicted molar refractivity (Wildman–Crippen MR) is 71.6 cm³/mol. The summed E-state index contributed by atoms with van der Waals surface area (Å²) in [5, 5.41) is 2.59. The van der Waals surface area contributed by atoms with Gasteiger partial charge in [0.25, 0.3) is 6.43 Å². The molecule has 8 heteroatoms. The smallest absolute Gasteiger partial charge is 0.343 e. The van der Waals surface area contributed by atoms with Crippen LogP contribution in [0.25, 0.3) is 0 Å². The number of esters is 1. The SMILES string of the molecule is COC(=O)c1c(NCC(F)F)sc(C(=O)C2CC2)c1N. The van der Waals surface area contributed by atoms with Crippen LogP contribution in [0.1, 0.15) is 32.9 Å². The number of ether oxygens (including phenoxy) is 1. The molecule has 0 amide bonds. The summed E-state index contributed by atoms with van der Waals surface area (Å²) in [6, 6.07) is 0. The van der Waals surface area contributed by atoms with Crippen molar-refractivity contribution in [3.63, 3.8) is 0 Å². The summed E-state index contributed by atoms with van der Waals surface area (Å²) in [5.74, 6) is -0.947. The van der Waals surface area contributed by atoms with E-state index in [1.165, 1.54) is 7.11 Å². The Morgan fingerprint density at radius 3 is 2.65 bits per heavy atom. The number of rotatable bonds is 6. The third-order valence-electron chi connectivity index (χ3n) is 2.92. The molecule has 1 aliphatic rings. The number of carbonyl (C=O) groups is 2. The third-order valence-corrected chi connectivity index (χ3v) is 4.10. The van der Waals surface area contributed by atoms with Crippen molar-refractivity contribution in [3.8, 4) is 0 Å². The number of Topliss-reactive ketones (excluding diaryl/α,β-unsaturated/α-hetero) is 1. The molecular weight excluding hydrogens is 290 g/mol. The van der Waals surface area contributed by atoms with Gasteiger partial charge in [0, 0.05) is 5.92 Å². The van der Waals surface area contributed by atoms with Crippen LogP contribution in [0.4, 0.5) is 19.5 Å². The Balaban J connectivity index is 2.34. The van der Waals surface area contributed by atoms with Crippen LogP contribution in [0, 0.1) is 5.92 Å². The summed E-state index contributed by atoms with van der Waals surface area (Å²) >= 11 is 0.928. The first-order valence-corrected chi connectivity index (χ1v) is 6.84. The Morgan fingerprint density at radius 2 is 2.15 bits per heavy atom. The van der Waals surface area contributed by atoms with Crippen molar-refractivity contribution in [2.24, 2.45) is 5.92 Å². The number of hydrogen-bond acceptors (Lipinski definition) is 6. The predicted octanol–water partition coefficient (Wildman–Crippen LogP) is 2.39. The van der Waals surface area contributed by atoms with Gasteiger partial charge in [-0.1, -0.05) is 0 Å². The molecule has 20 heavy (non-hydrogen) atoms. The minimum atomic E-state index is -2.58. The first kappa shape index (κ1) is 14.7. The third kappa shape index (κ3) is 2.90. The van der Waals surface area contributed by atoms with Crippen molar-refractivity contribution < 1.29 is 23.1 Å². The van der Waals surface area contributed by atoms with Crippen molar-refractivity contribution in [2.75, 3.05) is 24.7 Å². The summed E-state index contributed by atoms with van der Waals surface area (Å²) in [4.78, 5) is 24.0. The molecule has 0 spiro atoms. The number of carbonyl (C=O) groups excluding carboxylic acids is 2. The van der Waals surface area contributed by atoms with E-state index in [2.05, 4.69) is 10.1 Å². The van der Waals surface area contributed by atoms with Gasteiger partial charge in [-0.3, -0.25) is 4.79 Å². The number of anilines is 2. The lowest BCUT2D eigenvalue weighted by atomic mass is 10.1. The van der Waals surface area contributed by atoms with E-state index in [4.69, 9.17) is 5.73 Å². The normalized spacial score (nSPS) is 14.4. The number of thiophene rings is 1. The Kier molecular flexibility index (Phi) is 4.22. The van der Waals surface area contributed by atoms with Gasteiger partial charge in [0.05, 0.1) is 24.2 Å². The number of nitrogens with two attached hydrogens (primary N) is 1. The van der Waals surface area contributed by atoms with Crippen LogP contribution in [0.5, 0.6) is 0 Å². The number of nitrogens with one attached hydrogen (secondary N) is 1. The molecule has 3 N–H and O–H groups in total. The molecule has 1 saturated carbocycles. The van der Waals surface area contributed by atoms with Crippen LogP contribution >= 0.6 is 11.3 Å². The van der Waals surface area contributed by atoms with E-state index in [1.54, 1.807) is 0 Å². The molecule has 0 bridgehead atoms. The van der Waals surface area contributed by atoms with Crippen LogP contribution in [-0.4, -0.2) is 31.8 Å². The van der Waals surface area contributed by atoms with E-state index < -0.39 is 18.9 Å². The number of halogens is 2.